The van der Waals surface area contributed by atoms with Crippen LogP contribution in [-0.2, 0) is 0 Å². The number of benzene rings is 1. The Hall–Kier alpha value is -2.27. The van der Waals surface area contributed by atoms with E-state index in [4.69, 9.17) is 0 Å². The Labute approximate surface area is 124 Å². The normalized spacial score (nSPS) is 10.4. The van der Waals surface area contributed by atoms with E-state index < -0.39 is 0 Å². The van der Waals surface area contributed by atoms with Crippen molar-refractivity contribution < 1.29 is 4.79 Å². The van der Waals surface area contributed by atoms with Crippen molar-refractivity contribution in [3.8, 4) is 0 Å². The zero-order chi connectivity index (χ0) is 13.9. The average molecular weight is 328 g/mol. The van der Waals surface area contributed by atoms with E-state index in [0.717, 1.165) is 15.4 Å². The molecule has 0 saturated carbocycles. The van der Waals surface area contributed by atoms with Gasteiger partial charge in [0, 0.05) is 17.8 Å². The molecule has 0 unspecified atom stereocenters. The molecular weight excluding hydrogens is 318 g/mol. The Morgan fingerprint density at radius 3 is 2.80 bits per heavy atom. The summed E-state index contributed by atoms with van der Waals surface area (Å²) in [5.74, 6) is -0.248. The molecule has 0 radical (unpaired) electrons. The number of halogens is 1. The van der Waals surface area contributed by atoms with E-state index in [1.165, 1.54) is 0 Å². The predicted molar refractivity (Wildman–Crippen MR) is 81.6 cm³/mol. The number of nitrogens with zero attached hydrogens (tertiary/aromatic N) is 2. The highest BCUT2D eigenvalue weighted by molar-refractivity contribution is 9.10. The van der Waals surface area contributed by atoms with Gasteiger partial charge in [0.05, 0.1) is 15.7 Å². The standard InChI is InChI=1S/C15H10BrN3O/c16-11-9-17-8-7-13(11)19-15(20)14-6-5-10-3-1-2-4-12(10)18-14/h1-9H,(H,17,19,20). The molecule has 4 nitrogen and oxygen atoms in total. The van der Waals surface area contributed by atoms with Crippen LogP contribution in [0.1, 0.15) is 10.5 Å². The quantitative estimate of drug-likeness (QED) is 0.781. The van der Waals surface area contributed by atoms with Crippen LogP contribution in [0.5, 0.6) is 0 Å². The van der Waals surface area contributed by atoms with Crippen molar-refractivity contribution in [1.29, 1.82) is 0 Å². The predicted octanol–water partition coefficient (Wildman–Crippen LogP) is 3.64. The van der Waals surface area contributed by atoms with Gasteiger partial charge in [0.1, 0.15) is 5.69 Å². The van der Waals surface area contributed by atoms with Crippen molar-refractivity contribution in [3.63, 3.8) is 0 Å². The minimum Gasteiger partial charge on any atom is -0.319 e. The number of carbonyl (C=O) groups excluding carboxylic acids is 1. The number of fused-ring (bicyclic) bond motifs is 1. The molecule has 1 aromatic carbocycles. The smallest absolute Gasteiger partial charge is 0.274 e. The van der Waals surface area contributed by atoms with Crippen LogP contribution >= 0.6 is 15.9 Å². The zero-order valence-electron chi connectivity index (χ0n) is 10.4. The number of pyridine rings is 2. The SMILES string of the molecule is O=C(Nc1ccncc1Br)c1ccc2ccccc2n1. The van der Waals surface area contributed by atoms with Crippen LogP contribution in [0.2, 0.25) is 0 Å². The molecule has 5 heteroatoms. The van der Waals surface area contributed by atoms with Gasteiger partial charge in [0.25, 0.3) is 5.91 Å². The van der Waals surface area contributed by atoms with Crippen molar-refractivity contribution in [2.24, 2.45) is 0 Å². The second-order valence-corrected chi connectivity index (χ2v) is 5.05. The van der Waals surface area contributed by atoms with Crippen LogP contribution in [0.4, 0.5) is 5.69 Å². The van der Waals surface area contributed by atoms with E-state index in [-0.39, 0.29) is 5.91 Å². The molecule has 0 aliphatic carbocycles. The van der Waals surface area contributed by atoms with Gasteiger partial charge in [0.2, 0.25) is 0 Å². The Balaban J connectivity index is 1.91. The molecule has 0 spiro atoms. The lowest BCUT2D eigenvalue weighted by atomic mass is 10.2. The molecular formula is C15H10BrN3O. The number of rotatable bonds is 2. The molecule has 20 heavy (non-hydrogen) atoms. The van der Waals surface area contributed by atoms with Gasteiger partial charge in [-0.05, 0) is 34.1 Å². The number of aromatic nitrogens is 2. The topological polar surface area (TPSA) is 54.9 Å². The maximum Gasteiger partial charge on any atom is 0.274 e. The summed E-state index contributed by atoms with van der Waals surface area (Å²) < 4.78 is 0.731. The molecule has 3 aromatic rings. The largest absolute Gasteiger partial charge is 0.319 e. The number of para-hydroxylation sites is 1. The fourth-order valence-corrected chi connectivity index (χ4v) is 2.20. The third kappa shape index (κ3) is 2.53. The molecule has 0 aliphatic rings. The van der Waals surface area contributed by atoms with E-state index in [1.807, 2.05) is 30.3 Å². The van der Waals surface area contributed by atoms with Crippen molar-refractivity contribution in [1.82, 2.24) is 9.97 Å². The summed E-state index contributed by atoms with van der Waals surface area (Å²) in [4.78, 5) is 20.5. The fraction of sp³-hybridized carbons (Fsp3) is 0. The van der Waals surface area contributed by atoms with Gasteiger partial charge in [-0.15, -0.1) is 0 Å². The fourth-order valence-electron chi connectivity index (χ4n) is 1.86. The summed E-state index contributed by atoms with van der Waals surface area (Å²) in [7, 11) is 0. The van der Waals surface area contributed by atoms with Crippen LogP contribution in [0.15, 0.2) is 59.3 Å². The molecule has 2 aromatic heterocycles. The summed E-state index contributed by atoms with van der Waals surface area (Å²) >= 11 is 3.34. The molecule has 0 atom stereocenters. The van der Waals surface area contributed by atoms with Crippen LogP contribution in [0.25, 0.3) is 10.9 Å². The van der Waals surface area contributed by atoms with Crippen LogP contribution in [-0.4, -0.2) is 15.9 Å². The minimum atomic E-state index is -0.248. The van der Waals surface area contributed by atoms with E-state index in [9.17, 15) is 4.79 Å². The van der Waals surface area contributed by atoms with Crippen LogP contribution < -0.4 is 5.32 Å². The lowest BCUT2D eigenvalue weighted by Gasteiger charge is -2.06. The summed E-state index contributed by atoms with van der Waals surface area (Å²) in [5, 5.41) is 3.81. The number of amides is 1. The summed E-state index contributed by atoms with van der Waals surface area (Å²) in [6.07, 6.45) is 3.25. The van der Waals surface area contributed by atoms with Crippen molar-refractivity contribution in [2.45, 2.75) is 0 Å². The first kappa shape index (κ1) is 12.7. The number of carbonyl (C=O) groups is 1. The highest BCUT2D eigenvalue weighted by Crippen LogP contribution is 2.21. The first-order valence-electron chi connectivity index (χ1n) is 6.01. The summed E-state index contributed by atoms with van der Waals surface area (Å²) in [5.41, 5.74) is 1.85. The Morgan fingerprint density at radius 2 is 1.95 bits per heavy atom. The minimum absolute atomic E-state index is 0.248. The third-order valence-corrected chi connectivity index (χ3v) is 3.48. The molecule has 0 bridgehead atoms. The highest BCUT2D eigenvalue weighted by atomic mass is 79.9. The van der Waals surface area contributed by atoms with Crippen LogP contribution in [0.3, 0.4) is 0 Å². The van der Waals surface area contributed by atoms with E-state index in [1.54, 1.807) is 24.5 Å². The van der Waals surface area contributed by atoms with Gasteiger partial charge in [-0.2, -0.15) is 0 Å². The molecule has 98 valence electrons. The van der Waals surface area contributed by atoms with Gasteiger partial charge in [-0.3, -0.25) is 9.78 Å². The number of anilines is 1. The van der Waals surface area contributed by atoms with Gasteiger partial charge in [-0.25, -0.2) is 4.98 Å². The highest BCUT2D eigenvalue weighted by Gasteiger charge is 2.10. The zero-order valence-corrected chi connectivity index (χ0v) is 12.0. The molecule has 1 amide bonds. The van der Waals surface area contributed by atoms with Gasteiger partial charge >= 0.3 is 0 Å². The molecule has 3 rings (SSSR count). The molecule has 0 saturated heterocycles. The molecule has 2 heterocycles. The van der Waals surface area contributed by atoms with Crippen molar-refractivity contribution >= 4 is 38.4 Å². The monoisotopic (exact) mass is 327 g/mol. The third-order valence-electron chi connectivity index (χ3n) is 2.85. The molecule has 0 fully saturated rings. The second kappa shape index (κ2) is 5.38. The van der Waals surface area contributed by atoms with Crippen LogP contribution in [0, 0.1) is 0 Å². The number of nitrogens with one attached hydrogen (secondary N) is 1. The lowest BCUT2D eigenvalue weighted by Crippen LogP contribution is -2.14. The Bertz CT molecular complexity index is 789. The lowest BCUT2D eigenvalue weighted by molar-refractivity contribution is 0.102. The number of hydrogen-bond acceptors (Lipinski definition) is 3. The van der Waals surface area contributed by atoms with Gasteiger partial charge < -0.3 is 5.32 Å². The van der Waals surface area contributed by atoms with E-state index >= 15 is 0 Å². The first-order valence-corrected chi connectivity index (χ1v) is 6.80. The van der Waals surface area contributed by atoms with E-state index in [0.29, 0.717) is 11.4 Å². The Morgan fingerprint density at radius 1 is 1.10 bits per heavy atom. The maximum absolute atomic E-state index is 12.2. The van der Waals surface area contributed by atoms with Gasteiger partial charge in [0.15, 0.2) is 0 Å². The number of hydrogen-bond donors (Lipinski definition) is 1. The van der Waals surface area contributed by atoms with Gasteiger partial charge in [-0.1, -0.05) is 24.3 Å². The Kier molecular flexibility index (Phi) is 3.43. The first-order chi connectivity index (χ1) is 9.74. The second-order valence-electron chi connectivity index (χ2n) is 4.20. The molecule has 1 N–H and O–H groups in total. The van der Waals surface area contributed by atoms with E-state index in [2.05, 4.69) is 31.2 Å². The maximum atomic E-state index is 12.2. The molecule has 0 aliphatic heterocycles. The average Bonchev–Trinajstić information content (AvgIpc) is 2.49. The van der Waals surface area contributed by atoms with Crippen molar-refractivity contribution in [3.05, 3.63) is 65.0 Å². The summed E-state index contributed by atoms with van der Waals surface area (Å²) in [6.45, 7) is 0. The summed E-state index contributed by atoms with van der Waals surface area (Å²) in [6, 6.07) is 13.0. The van der Waals surface area contributed by atoms with Crippen molar-refractivity contribution in [2.75, 3.05) is 5.32 Å².